The smallest absolute Gasteiger partial charge is 0.126 e. The van der Waals surface area contributed by atoms with Gasteiger partial charge in [-0.2, -0.15) is 0 Å². The van der Waals surface area contributed by atoms with E-state index in [4.69, 9.17) is 27.9 Å². The molecule has 0 saturated carbocycles. The van der Waals surface area contributed by atoms with Gasteiger partial charge in [-0.1, -0.05) is 41.4 Å². The zero-order valence-corrected chi connectivity index (χ0v) is 12.7. The van der Waals surface area contributed by atoms with Gasteiger partial charge in [-0.15, -0.1) is 0 Å². The second-order valence-electron chi connectivity index (χ2n) is 4.80. The highest BCUT2D eigenvalue weighted by Gasteiger charge is 2.21. The summed E-state index contributed by atoms with van der Waals surface area (Å²) in [6.07, 6.45) is 0.900. The fourth-order valence-corrected chi connectivity index (χ4v) is 3.20. The van der Waals surface area contributed by atoms with Gasteiger partial charge in [0.15, 0.2) is 0 Å². The molecule has 0 amide bonds. The van der Waals surface area contributed by atoms with Crippen molar-refractivity contribution in [2.24, 2.45) is 0 Å². The highest BCUT2D eigenvalue weighted by Crippen LogP contribution is 2.40. The average molecular weight is 308 g/mol. The summed E-state index contributed by atoms with van der Waals surface area (Å²) < 4.78 is 5.46. The Morgan fingerprint density at radius 3 is 2.70 bits per heavy atom. The Labute approximate surface area is 128 Å². The van der Waals surface area contributed by atoms with Crippen molar-refractivity contribution in [2.75, 3.05) is 13.7 Å². The van der Waals surface area contributed by atoms with E-state index in [1.165, 1.54) is 5.56 Å². The summed E-state index contributed by atoms with van der Waals surface area (Å²) in [6, 6.07) is 9.91. The van der Waals surface area contributed by atoms with Crippen LogP contribution in [-0.4, -0.2) is 13.7 Å². The Morgan fingerprint density at radius 2 is 1.90 bits per heavy atom. The van der Waals surface area contributed by atoms with Crippen LogP contribution in [0.25, 0.3) is 11.1 Å². The molecular formula is C16H15Cl2NO. The number of para-hydroxylation sites is 1. The van der Waals surface area contributed by atoms with E-state index in [2.05, 4.69) is 5.32 Å². The Kier molecular flexibility index (Phi) is 3.88. The molecule has 1 aliphatic rings. The number of rotatable bonds is 2. The van der Waals surface area contributed by atoms with Crippen LogP contribution in [0.5, 0.6) is 5.75 Å². The predicted molar refractivity (Wildman–Crippen MR) is 83.9 cm³/mol. The number of halogens is 2. The maximum Gasteiger partial charge on any atom is 0.126 e. The third-order valence-electron chi connectivity index (χ3n) is 3.69. The van der Waals surface area contributed by atoms with Crippen LogP contribution in [0.15, 0.2) is 30.3 Å². The molecule has 0 aromatic heterocycles. The van der Waals surface area contributed by atoms with Crippen molar-refractivity contribution >= 4 is 23.2 Å². The summed E-state index contributed by atoms with van der Waals surface area (Å²) in [7, 11) is 1.68. The number of hydrogen-bond donors (Lipinski definition) is 1. The van der Waals surface area contributed by atoms with E-state index in [1.54, 1.807) is 7.11 Å². The molecular weight excluding hydrogens is 293 g/mol. The van der Waals surface area contributed by atoms with Crippen LogP contribution in [0.4, 0.5) is 0 Å². The maximum absolute atomic E-state index is 6.35. The van der Waals surface area contributed by atoms with Crippen molar-refractivity contribution in [3.8, 4) is 16.9 Å². The van der Waals surface area contributed by atoms with Crippen molar-refractivity contribution in [1.82, 2.24) is 5.32 Å². The third-order valence-corrected chi connectivity index (χ3v) is 4.51. The van der Waals surface area contributed by atoms with E-state index in [0.29, 0.717) is 10.0 Å². The van der Waals surface area contributed by atoms with Crippen molar-refractivity contribution < 1.29 is 4.74 Å². The zero-order valence-electron chi connectivity index (χ0n) is 11.2. The Bertz CT molecular complexity index is 655. The van der Waals surface area contributed by atoms with E-state index in [1.807, 2.05) is 30.3 Å². The van der Waals surface area contributed by atoms with Crippen molar-refractivity contribution in [3.63, 3.8) is 0 Å². The van der Waals surface area contributed by atoms with Crippen molar-refractivity contribution in [3.05, 3.63) is 51.5 Å². The molecule has 0 fully saturated rings. The molecule has 1 N–H and O–H groups in total. The Balaban J connectivity index is 2.26. The lowest BCUT2D eigenvalue weighted by atomic mass is 9.91. The third kappa shape index (κ3) is 2.28. The van der Waals surface area contributed by atoms with E-state index < -0.39 is 0 Å². The SMILES string of the molecule is COc1ccccc1-c1cc(Cl)c(Cl)c2c1CNCC2. The molecule has 0 atom stereocenters. The predicted octanol–water partition coefficient (Wildman–Crippen LogP) is 4.31. The maximum atomic E-state index is 6.35. The van der Waals surface area contributed by atoms with Gasteiger partial charge >= 0.3 is 0 Å². The first-order valence-electron chi connectivity index (χ1n) is 6.56. The van der Waals surface area contributed by atoms with Gasteiger partial charge in [-0.05, 0) is 41.8 Å². The Hall–Kier alpha value is -1.22. The van der Waals surface area contributed by atoms with Crippen molar-refractivity contribution in [2.45, 2.75) is 13.0 Å². The fraction of sp³-hybridized carbons (Fsp3) is 0.250. The molecule has 2 nitrogen and oxygen atoms in total. The van der Waals surface area contributed by atoms with Gasteiger partial charge in [0.25, 0.3) is 0 Å². The quantitative estimate of drug-likeness (QED) is 0.892. The monoisotopic (exact) mass is 307 g/mol. The van der Waals surface area contributed by atoms with Crippen LogP contribution in [-0.2, 0) is 13.0 Å². The van der Waals surface area contributed by atoms with Gasteiger partial charge in [-0.3, -0.25) is 0 Å². The first-order valence-corrected chi connectivity index (χ1v) is 7.32. The standard InChI is InChI=1S/C16H15Cl2NO/c1-20-15-5-3-2-4-10(15)12-8-14(17)16(18)11-6-7-19-9-13(11)12/h2-5,8,19H,6-7,9H2,1H3. The fourth-order valence-electron chi connectivity index (χ4n) is 2.71. The number of fused-ring (bicyclic) bond motifs is 1. The molecule has 0 spiro atoms. The molecule has 2 aromatic rings. The molecule has 20 heavy (non-hydrogen) atoms. The van der Waals surface area contributed by atoms with Crippen LogP contribution in [0.2, 0.25) is 10.0 Å². The number of methoxy groups -OCH3 is 1. The lowest BCUT2D eigenvalue weighted by Crippen LogP contribution is -2.24. The Morgan fingerprint density at radius 1 is 1.10 bits per heavy atom. The summed E-state index contributed by atoms with van der Waals surface area (Å²) in [4.78, 5) is 0. The molecule has 0 bridgehead atoms. The molecule has 104 valence electrons. The highest BCUT2D eigenvalue weighted by atomic mass is 35.5. The summed E-state index contributed by atoms with van der Waals surface area (Å²) in [5, 5.41) is 4.68. The summed E-state index contributed by atoms with van der Waals surface area (Å²) in [5.41, 5.74) is 4.52. The van der Waals surface area contributed by atoms with Crippen LogP contribution in [0, 0.1) is 0 Å². The minimum Gasteiger partial charge on any atom is -0.496 e. The minimum absolute atomic E-state index is 0.605. The zero-order chi connectivity index (χ0) is 14.1. The number of ether oxygens (including phenoxy) is 1. The van der Waals surface area contributed by atoms with Crippen LogP contribution in [0.3, 0.4) is 0 Å². The van der Waals surface area contributed by atoms with Crippen LogP contribution < -0.4 is 10.1 Å². The topological polar surface area (TPSA) is 21.3 Å². The molecule has 0 radical (unpaired) electrons. The summed E-state index contributed by atoms with van der Waals surface area (Å²) >= 11 is 12.7. The summed E-state index contributed by atoms with van der Waals surface area (Å²) in [6.45, 7) is 1.73. The molecule has 4 heteroatoms. The van der Waals surface area contributed by atoms with Gasteiger partial charge in [0.2, 0.25) is 0 Å². The molecule has 1 heterocycles. The normalized spacial score (nSPS) is 13.9. The van der Waals surface area contributed by atoms with E-state index in [0.717, 1.165) is 42.0 Å². The lowest BCUT2D eigenvalue weighted by Gasteiger charge is -2.23. The molecule has 2 aromatic carbocycles. The molecule has 3 rings (SSSR count). The number of hydrogen-bond acceptors (Lipinski definition) is 2. The van der Waals surface area contributed by atoms with E-state index >= 15 is 0 Å². The lowest BCUT2D eigenvalue weighted by molar-refractivity contribution is 0.416. The van der Waals surface area contributed by atoms with Gasteiger partial charge in [0.1, 0.15) is 5.75 Å². The van der Waals surface area contributed by atoms with Gasteiger partial charge in [0, 0.05) is 12.1 Å². The second-order valence-corrected chi connectivity index (χ2v) is 5.59. The van der Waals surface area contributed by atoms with Gasteiger partial charge in [-0.25, -0.2) is 0 Å². The molecule has 0 aliphatic carbocycles. The minimum atomic E-state index is 0.605. The highest BCUT2D eigenvalue weighted by molar-refractivity contribution is 6.42. The second kappa shape index (κ2) is 5.65. The van der Waals surface area contributed by atoms with Crippen LogP contribution >= 0.6 is 23.2 Å². The molecule has 0 unspecified atom stereocenters. The average Bonchev–Trinajstić information content (AvgIpc) is 2.51. The van der Waals surface area contributed by atoms with Crippen molar-refractivity contribution in [1.29, 1.82) is 0 Å². The number of benzene rings is 2. The first kappa shape index (κ1) is 13.7. The molecule has 1 aliphatic heterocycles. The van der Waals surface area contributed by atoms with E-state index in [9.17, 15) is 0 Å². The van der Waals surface area contributed by atoms with Crippen LogP contribution in [0.1, 0.15) is 11.1 Å². The van der Waals surface area contributed by atoms with Gasteiger partial charge < -0.3 is 10.1 Å². The number of nitrogens with one attached hydrogen (secondary N) is 1. The summed E-state index contributed by atoms with van der Waals surface area (Å²) in [5.74, 6) is 0.846. The van der Waals surface area contributed by atoms with E-state index in [-0.39, 0.29) is 0 Å². The molecule has 0 saturated heterocycles. The first-order chi connectivity index (χ1) is 9.72. The van der Waals surface area contributed by atoms with Gasteiger partial charge in [0.05, 0.1) is 17.2 Å². The largest absolute Gasteiger partial charge is 0.496 e.